The number of hydrogen-bond donors (Lipinski definition) is 0. The van der Waals surface area contributed by atoms with Gasteiger partial charge in [0.15, 0.2) is 16.8 Å². The number of nitrogens with zero attached hydrogens (tertiary/aromatic N) is 5. The molecule has 1 fully saturated rings. The van der Waals surface area contributed by atoms with E-state index >= 15 is 0 Å². The van der Waals surface area contributed by atoms with Crippen LogP contribution in [0.5, 0.6) is 0 Å². The van der Waals surface area contributed by atoms with Gasteiger partial charge in [-0.1, -0.05) is 13.0 Å². The minimum Gasteiger partial charge on any atom is -0.305 e. The molecule has 0 aliphatic carbocycles. The van der Waals surface area contributed by atoms with Crippen LogP contribution < -0.4 is 4.90 Å². The molecule has 0 amide bonds. The van der Waals surface area contributed by atoms with Crippen LogP contribution in [0.15, 0.2) is 41.9 Å². The first-order valence-corrected chi connectivity index (χ1v) is 14.0. The molecule has 184 valence electrons. The van der Waals surface area contributed by atoms with Crippen LogP contribution in [0, 0.1) is 11.6 Å². The molecule has 4 aromatic rings. The lowest BCUT2D eigenvalue weighted by atomic mass is 9.91. The first-order valence-electron chi connectivity index (χ1n) is 11.6. The Morgan fingerprint density at radius 2 is 1.91 bits per heavy atom. The molecular weight excluding hydrogens is 488 g/mol. The highest BCUT2D eigenvalue weighted by atomic mass is 32.2. The average Bonchev–Trinajstić information content (AvgIpc) is 3.50. The minimum atomic E-state index is -0.923. The molecule has 0 spiro atoms. The Morgan fingerprint density at radius 3 is 2.60 bits per heavy atom. The molecular formula is C25H27F2N5OS2. The number of aryl methyl sites for hydroxylation is 1. The lowest BCUT2D eigenvalue weighted by Crippen LogP contribution is -2.33. The van der Waals surface area contributed by atoms with E-state index in [9.17, 15) is 13.0 Å². The van der Waals surface area contributed by atoms with E-state index in [0.29, 0.717) is 17.2 Å². The molecule has 5 rings (SSSR count). The quantitative estimate of drug-likeness (QED) is 0.338. The lowest BCUT2D eigenvalue weighted by molar-refractivity contribution is 0.335. The Bertz CT molecular complexity index is 1390. The van der Waals surface area contributed by atoms with Gasteiger partial charge in [-0.25, -0.2) is 27.3 Å². The van der Waals surface area contributed by atoms with Crippen LogP contribution in [0.1, 0.15) is 36.9 Å². The van der Waals surface area contributed by atoms with Crippen LogP contribution in [0.4, 0.5) is 19.7 Å². The summed E-state index contributed by atoms with van der Waals surface area (Å²) in [6.07, 6.45) is 6.60. The fourth-order valence-corrected chi connectivity index (χ4v) is 6.20. The average molecular weight is 516 g/mol. The number of benzene rings is 1. The Kier molecular flexibility index (Phi) is 6.69. The number of halogens is 2. The highest BCUT2D eigenvalue weighted by Crippen LogP contribution is 2.35. The van der Waals surface area contributed by atoms with E-state index < -0.39 is 22.6 Å². The zero-order valence-corrected chi connectivity index (χ0v) is 21.5. The monoisotopic (exact) mass is 515 g/mol. The third-order valence-corrected chi connectivity index (χ3v) is 8.63. The number of rotatable bonds is 6. The first kappa shape index (κ1) is 24.0. The number of pyridine rings is 1. The van der Waals surface area contributed by atoms with Crippen LogP contribution in [-0.2, 0) is 17.4 Å². The van der Waals surface area contributed by atoms with Crippen LogP contribution in [0.2, 0.25) is 0 Å². The predicted octanol–water partition coefficient (Wildman–Crippen LogP) is 5.54. The molecule has 1 aliphatic heterocycles. The second-order valence-corrected chi connectivity index (χ2v) is 11.0. The third-order valence-electron chi connectivity index (χ3n) is 6.62. The van der Waals surface area contributed by atoms with Crippen molar-refractivity contribution < 1.29 is 13.0 Å². The van der Waals surface area contributed by atoms with Gasteiger partial charge in [-0.05, 0) is 55.0 Å². The van der Waals surface area contributed by atoms with Crippen molar-refractivity contribution >= 4 is 38.9 Å². The number of imidazole rings is 1. The van der Waals surface area contributed by atoms with Crippen molar-refractivity contribution in [2.45, 2.75) is 32.1 Å². The molecule has 4 heterocycles. The smallest absolute Gasteiger partial charge is 0.191 e. The summed E-state index contributed by atoms with van der Waals surface area (Å²) < 4.78 is 43.1. The maximum absolute atomic E-state index is 13.7. The molecule has 3 aromatic heterocycles. The molecule has 0 radical (unpaired) electrons. The summed E-state index contributed by atoms with van der Waals surface area (Å²) in [4.78, 5) is 11.6. The summed E-state index contributed by atoms with van der Waals surface area (Å²) >= 11 is 1.45. The van der Waals surface area contributed by atoms with Crippen molar-refractivity contribution in [1.29, 1.82) is 0 Å². The Hall–Kier alpha value is -2.69. The highest BCUT2D eigenvalue weighted by molar-refractivity contribution is 7.81. The summed E-state index contributed by atoms with van der Waals surface area (Å²) in [5.41, 5.74) is 4.22. The van der Waals surface area contributed by atoms with Gasteiger partial charge in [-0.2, -0.15) is 0 Å². The Morgan fingerprint density at radius 1 is 1.14 bits per heavy atom. The van der Waals surface area contributed by atoms with Crippen molar-refractivity contribution in [2.75, 3.05) is 31.3 Å². The van der Waals surface area contributed by atoms with Crippen molar-refractivity contribution in [2.24, 2.45) is 0 Å². The van der Waals surface area contributed by atoms with E-state index in [1.54, 1.807) is 6.26 Å². The molecule has 0 bridgehead atoms. The van der Waals surface area contributed by atoms with E-state index in [-0.39, 0.29) is 0 Å². The van der Waals surface area contributed by atoms with Gasteiger partial charge in [0, 0.05) is 43.5 Å². The van der Waals surface area contributed by atoms with Crippen molar-refractivity contribution in [1.82, 2.24) is 18.7 Å². The fourth-order valence-electron chi connectivity index (χ4n) is 4.67. The summed E-state index contributed by atoms with van der Waals surface area (Å²) in [5, 5.41) is 2.59. The highest BCUT2D eigenvalue weighted by Gasteiger charge is 2.24. The predicted molar refractivity (Wildman–Crippen MR) is 138 cm³/mol. The van der Waals surface area contributed by atoms with E-state index in [1.807, 2.05) is 21.6 Å². The first-order chi connectivity index (χ1) is 16.9. The van der Waals surface area contributed by atoms with Gasteiger partial charge < -0.3 is 4.90 Å². The molecule has 1 unspecified atom stereocenters. The topological polar surface area (TPSA) is 53.7 Å². The minimum absolute atomic E-state index is 0.407. The molecule has 1 aliphatic rings. The van der Waals surface area contributed by atoms with Crippen molar-refractivity contribution in [3.8, 4) is 11.3 Å². The largest absolute Gasteiger partial charge is 0.305 e. The van der Waals surface area contributed by atoms with Gasteiger partial charge in [-0.15, -0.1) is 11.3 Å². The molecule has 6 nitrogen and oxygen atoms in total. The number of anilines is 2. The summed E-state index contributed by atoms with van der Waals surface area (Å²) in [7, 11) is 1.03. The summed E-state index contributed by atoms with van der Waals surface area (Å²) in [6.45, 7) is 3.73. The van der Waals surface area contributed by atoms with E-state index in [0.717, 1.165) is 60.7 Å². The number of hydrogen-bond acceptors (Lipinski definition) is 5. The zero-order valence-electron chi connectivity index (χ0n) is 19.9. The van der Waals surface area contributed by atoms with Crippen LogP contribution in [-0.4, -0.2) is 49.3 Å². The normalized spacial score (nSPS) is 16.1. The SMILES string of the molecule is CCc1nc2ccc(C3CCN(S(C)=O)CC3)cn2c1N(C)c1nc(-c2ccc(F)c(F)c2)cs1. The van der Waals surface area contributed by atoms with Gasteiger partial charge in [0.05, 0.1) is 22.4 Å². The number of thiazole rings is 1. The molecule has 1 aromatic carbocycles. The van der Waals surface area contributed by atoms with Gasteiger partial charge in [0.25, 0.3) is 0 Å². The Labute approximate surface area is 209 Å². The zero-order chi connectivity index (χ0) is 24.7. The molecule has 10 heteroatoms. The summed E-state index contributed by atoms with van der Waals surface area (Å²) in [5.74, 6) is -0.402. The molecule has 0 saturated carbocycles. The second-order valence-electron chi connectivity index (χ2n) is 8.76. The van der Waals surface area contributed by atoms with Crippen LogP contribution >= 0.6 is 11.3 Å². The van der Waals surface area contributed by atoms with Crippen molar-refractivity contribution in [3.05, 3.63) is 64.8 Å². The third kappa shape index (κ3) is 4.62. The van der Waals surface area contributed by atoms with Gasteiger partial charge in [0.2, 0.25) is 0 Å². The van der Waals surface area contributed by atoms with Gasteiger partial charge in [-0.3, -0.25) is 4.40 Å². The molecule has 1 atom stereocenters. The number of piperidine rings is 1. The van der Waals surface area contributed by atoms with E-state index in [2.05, 4.69) is 29.7 Å². The van der Waals surface area contributed by atoms with Crippen molar-refractivity contribution in [3.63, 3.8) is 0 Å². The maximum Gasteiger partial charge on any atom is 0.191 e. The summed E-state index contributed by atoms with van der Waals surface area (Å²) in [6, 6.07) is 8.04. The van der Waals surface area contributed by atoms with Crippen LogP contribution in [0.3, 0.4) is 0 Å². The van der Waals surface area contributed by atoms with Gasteiger partial charge >= 0.3 is 0 Å². The number of aromatic nitrogens is 3. The second kappa shape index (κ2) is 9.75. The standard InChI is InChI=1S/C25H27F2N5OS2/c1-4-21-24(30(2)25-29-22(15-34-25)17-5-7-19(26)20(27)13-17)32-14-18(6-8-23(32)28-21)16-9-11-31(12-10-16)35(3)33/h5-8,13-16H,4,9-12H2,1-3H3. The Balaban J connectivity index is 1.47. The molecule has 1 saturated heterocycles. The van der Waals surface area contributed by atoms with Gasteiger partial charge in [0.1, 0.15) is 11.5 Å². The maximum atomic E-state index is 13.7. The molecule has 0 N–H and O–H groups in total. The van der Waals surface area contributed by atoms with E-state index in [4.69, 9.17) is 9.97 Å². The van der Waals surface area contributed by atoms with E-state index in [1.165, 1.54) is 29.0 Å². The fraction of sp³-hybridized carbons (Fsp3) is 0.360. The molecule has 35 heavy (non-hydrogen) atoms. The lowest BCUT2D eigenvalue weighted by Gasteiger charge is -2.30. The number of fused-ring (bicyclic) bond motifs is 1. The van der Waals surface area contributed by atoms with Crippen LogP contribution in [0.25, 0.3) is 16.9 Å².